The van der Waals surface area contributed by atoms with Gasteiger partial charge in [0, 0.05) is 30.5 Å². The van der Waals surface area contributed by atoms with E-state index in [9.17, 15) is 9.59 Å². The minimum atomic E-state index is -0.171. The number of anilines is 1. The highest BCUT2D eigenvalue weighted by Gasteiger charge is 2.57. The lowest BCUT2D eigenvalue weighted by Gasteiger charge is -2.33. The van der Waals surface area contributed by atoms with Gasteiger partial charge in [-0.25, -0.2) is 19.9 Å². The topological polar surface area (TPSA) is 103 Å². The second kappa shape index (κ2) is 7.91. The molecule has 10 heteroatoms. The minimum Gasteiger partial charge on any atom is -0.301 e. The van der Waals surface area contributed by atoms with E-state index < -0.39 is 0 Å². The van der Waals surface area contributed by atoms with Crippen molar-refractivity contribution in [3.8, 4) is 0 Å². The van der Waals surface area contributed by atoms with Crippen LogP contribution in [0, 0.1) is 23.2 Å². The number of fused-ring (bicyclic) bond motifs is 1. The van der Waals surface area contributed by atoms with E-state index in [4.69, 9.17) is 0 Å². The Hall–Kier alpha value is -2.33. The predicted octanol–water partition coefficient (Wildman–Crippen LogP) is 3.59. The van der Waals surface area contributed by atoms with E-state index in [0.717, 1.165) is 24.2 Å². The maximum atomic E-state index is 13.3. The first-order valence-corrected chi connectivity index (χ1v) is 13.0. The molecule has 4 aliphatic rings. The van der Waals surface area contributed by atoms with Gasteiger partial charge in [0.05, 0.1) is 5.75 Å². The molecule has 166 valence electrons. The first kappa shape index (κ1) is 20.3. The second-order valence-electron chi connectivity index (χ2n) is 9.41. The van der Waals surface area contributed by atoms with Crippen LogP contribution in [0.3, 0.4) is 0 Å². The number of hydrogen-bond donors (Lipinski definition) is 1. The Balaban J connectivity index is 1.25. The Kier molecular flexibility index (Phi) is 5.02. The number of nitrogens with one attached hydrogen (secondary N) is 1. The van der Waals surface area contributed by atoms with E-state index in [1.165, 1.54) is 67.6 Å². The van der Waals surface area contributed by atoms with Crippen LogP contribution in [0.2, 0.25) is 0 Å². The summed E-state index contributed by atoms with van der Waals surface area (Å²) in [5.74, 6) is 2.56. The standard InChI is InChI=1S/C22H24N6O2S2/c29-16(26-20-25-4-6-31-20)12-32-21-27-18-17(23-2-3-24-18)19(30)28(21)5-1-22-10-13-7-14(11-22)9-15(22)8-13/h2-4,6,13-15H,1,5,7-12H2,(H,25,26,29). The zero-order valence-electron chi connectivity index (χ0n) is 17.6. The average Bonchev–Trinajstić information content (AvgIpc) is 3.44. The average molecular weight is 469 g/mol. The van der Waals surface area contributed by atoms with Gasteiger partial charge in [-0.05, 0) is 61.7 Å². The molecular weight excluding hydrogens is 444 g/mol. The summed E-state index contributed by atoms with van der Waals surface area (Å²) >= 11 is 2.64. The number of rotatable bonds is 7. The maximum absolute atomic E-state index is 13.3. The van der Waals surface area contributed by atoms with E-state index in [0.29, 0.717) is 33.4 Å². The number of thiazole rings is 1. The van der Waals surface area contributed by atoms with Gasteiger partial charge < -0.3 is 5.32 Å². The zero-order chi connectivity index (χ0) is 21.7. The van der Waals surface area contributed by atoms with Crippen LogP contribution in [0.5, 0.6) is 0 Å². The summed E-state index contributed by atoms with van der Waals surface area (Å²) in [5.41, 5.74) is 0.837. The first-order chi connectivity index (χ1) is 15.6. The summed E-state index contributed by atoms with van der Waals surface area (Å²) in [7, 11) is 0. The fraction of sp³-hybridized carbons (Fsp3) is 0.545. The molecular formula is C22H24N6O2S2. The van der Waals surface area contributed by atoms with Crippen LogP contribution in [0.4, 0.5) is 5.13 Å². The quantitative estimate of drug-likeness (QED) is 0.417. The van der Waals surface area contributed by atoms with Gasteiger partial charge in [0.15, 0.2) is 21.5 Å². The van der Waals surface area contributed by atoms with E-state index in [2.05, 4.69) is 25.3 Å². The molecule has 2 unspecified atom stereocenters. The van der Waals surface area contributed by atoms with Crippen molar-refractivity contribution >= 4 is 45.3 Å². The molecule has 0 spiro atoms. The molecule has 3 aromatic heterocycles. The zero-order valence-corrected chi connectivity index (χ0v) is 19.2. The molecule has 0 aromatic carbocycles. The van der Waals surface area contributed by atoms with Crippen molar-refractivity contribution in [2.45, 2.75) is 50.2 Å². The fourth-order valence-corrected chi connectivity index (χ4v) is 7.87. The van der Waals surface area contributed by atoms with Crippen LogP contribution in [-0.4, -0.2) is 36.2 Å². The lowest BCUT2D eigenvalue weighted by molar-refractivity contribution is -0.113. The molecule has 0 radical (unpaired) electrons. The van der Waals surface area contributed by atoms with E-state index in [1.54, 1.807) is 10.8 Å². The summed E-state index contributed by atoms with van der Waals surface area (Å²) in [6.45, 7) is 0.616. The SMILES string of the molecule is O=C(CSc1nc2nccnc2c(=O)n1CCC12CC3CC(CC1C3)C2)Nc1nccs1. The number of carbonyl (C=O) groups is 1. The van der Waals surface area contributed by atoms with Gasteiger partial charge in [0.1, 0.15) is 0 Å². The Morgan fingerprint density at radius 3 is 2.75 bits per heavy atom. The van der Waals surface area contributed by atoms with E-state index in [-0.39, 0.29) is 17.2 Å². The monoisotopic (exact) mass is 468 g/mol. The van der Waals surface area contributed by atoms with Gasteiger partial charge in [-0.15, -0.1) is 11.3 Å². The molecule has 1 amide bonds. The third-order valence-electron chi connectivity index (χ3n) is 7.56. The third kappa shape index (κ3) is 3.53. The van der Waals surface area contributed by atoms with E-state index in [1.807, 2.05) is 5.38 Å². The summed E-state index contributed by atoms with van der Waals surface area (Å²) in [6.07, 6.45) is 12.5. The Labute approximate surface area is 193 Å². The van der Waals surface area contributed by atoms with Crippen LogP contribution in [0.25, 0.3) is 11.2 Å². The van der Waals surface area contributed by atoms with Crippen molar-refractivity contribution in [3.63, 3.8) is 0 Å². The molecule has 4 saturated carbocycles. The van der Waals surface area contributed by atoms with Crippen molar-refractivity contribution in [2.24, 2.45) is 23.2 Å². The molecule has 1 N–H and O–H groups in total. The van der Waals surface area contributed by atoms with Crippen LogP contribution in [0.1, 0.15) is 38.5 Å². The Morgan fingerprint density at radius 2 is 1.97 bits per heavy atom. The summed E-state index contributed by atoms with van der Waals surface area (Å²) < 4.78 is 1.73. The van der Waals surface area contributed by atoms with Crippen LogP contribution in [-0.2, 0) is 11.3 Å². The van der Waals surface area contributed by atoms with Crippen molar-refractivity contribution in [3.05, 3.63) is 34.3 Å². The first-order valence-electron chi connectivity index (χ1n) is 11.1. The highest BCUT2D eigenvalue weighted by molar-refractivity contribution is 7.99. The van der Waals surface area contributed by atoms with E-state index >= 15 is 0 Å². The van der Waals surface area contributed by atoms with Crippen LogP contribution >= 0.6 is 23.1 Å². The molecule has 3 aromatic rings. The number of thioether (sulfide) groups is 1. The molecule has 7 rings (SSSR count). The summed E-state index contributed by atoms with van der Waals surface area (Å²) in [6, 6.07) is 0. The number of hydrogen-bond acceptors (Lipinski definition) is 8. The highest BCUT2D eigenvalue weighted by Crippen LogP contribution is 2.66. The summed E-state index contributed by atoms with van der Waals surface area (Å²) in [5, 5.41) is 5.70. The van der Waals surface area contributed by atoms with Gasteiger partial charge in [-0.1, -0.05) is 11.8 Å². The van der Waals surface area contributed by atoms with Crippen LogP contribution in [0.15, 0.2) is 33.9 Å². The molecule has 4 fully saturated rings. The van der Waals surface area contributed by atoms with Gasteiger partial charge >= 0.3 is 0 Å². The number of amides is 1. The van der Waals surface area contributed by atoms with Gasteiger partial charge in [-0.3, -0.25) is 14.2 Å². The van der Waals surface area contributed by atoms with Crippen molar-refractivity contribution < 1.29 is 4.79 Å². The van der Waals surface area contributed by atoms with Crippen molar-refractivity contribution in [1.82, 2.24) is 24.5 Å². The molecule has 4 aliphatic carbocycles. The molecule has 0 saturated heterocycles. The third-order valence-corrected chi connectivity index (χ3v) is 9.23. The lowest BCUT2D eigenvalue weighted by atomic mass is 9.73. The largest absolute Gasteiger partial charge is 0.301 e. The van der Waals surface area contributed by atoms with Crippen LogP contribution < -0.4 is 10.9 Å². The normalized spacial score (nSPS) is 27.9. The highest BCUT2D eigenvalue weighted by atomic mass is 32.2. The Morgan fingerprint density at radius 1 is 1.16 bits per heavy atom. The van der Waals surface area contributed by atoms with Gasteiger partial charge in [0.25, 0.3) is 5.56 Å². The molecule has 0 aliphatic heterocycles. The van der Waals surface area contributed by atoms with Gasteiger partial charge in [-0.2, -0.15) is 0 Å². The van der Waals surface area contributed by atoms with Crippen molar-refractivity contribution in [2.75, 3.05) is 11.1 Å². The second-order valence-corrected chi connectivity index (χ2v) is 11.2. The lowest BCUT2D eigenvalue weighted by Crippen LogP contribution is -2.30. The number of carbonyl (C=O) groups excluding carboxylic acids is 1. The number of aromatic nitrogens is 5. The molecule has 3 heterocycles. The minimum absolute atomic E-state index is 0.149. The predicted molar refractivity (Wildman–Crippen MR) is 124 cm³/mol. The summed E-state index contributed by atoms with van der Waals surface area (Å²) in [4.78, 5) is 42.9. The molecule has 32 heavy (non-hydrogen) atoms. The maximum Gasteiger partial charge on any atom is 0.282 e. The molecule has 2 atom stereocenters. The smallest absolute Gasteiger partial charge is 0.282 e. The van der Waals surface area contributed by atoms with Crippen molar-refractivity contribution in [1.29, 1.82) is 0 Å². The molecule has 8 nitrogen and oxygen atoms in total. The Bertz CT molecular complexity index is 1210. The molecule has 4 bridgehead atoms. The fourth-order valence-electron chi connectivity index (χ4n) is 6.51. The van der Waals surface area contributed by atoms with Gasteiger partial charge in [0.2, 0.25) is 5.91 Å². The number of nitrogens with zero attached hydrogens (tertiary/aromatic N) is 5.